The highest BCUT2D eigenvalue weighted by Gasteiger charge is 2.53. The lowest BCUT2D eigenvalue weighted by Crippen LogP contribution is -2.60. The lowest BCUT2D eigenvalue weighted by atomic mass is 9.78. The molecule has 4 aromatic carbocycles. The molecule has 1 saturated heterocycles. The second-order valence-electron chi connectivity index (χ2n) is 8.67. The molecular formula is C29H24FNO4S. The molecule has 1 amide bonds. The van der Waals surface area contributed by atoms with Gasteiger partial charge in [0.15, 0.2) is 0 Å². The molecule has 1 aliphatic rings. The Kier molecular flexibility index (Phi) is 6.67. The summed E-state index contributed by atoms with van der Waals surface area (Å²) < 4.78 is 13.2. The van der Waals surface area contributed by atoms with Gasteiger partial charge in [0.25, 0.3) is 0 Å². The summed E-state index contributed by atoms with van der Waals surface area (Å²) in [5.74, 6) is -0.957. The fraction of sp³-hybridized carbons (Fsp3) is 0.138. The number of benzene rings is 4. The number of hydrogen-bond acceptors (Lipinski definition) is 5. The standard InChI is InChI=1S/C29H24FNO4S/c30-20-10-12-23(13-11-20)36-17-26(34)27-28(31(29(27)35)21-6-2-1-3-7-21)24-14-9-19(16-25(24)33)18-5-4-8-22(32)15-18/h1-16,26-28,32-34H,17H2. The number of thioether (sulfide) groups is 1. The quantitative estimate of drug-likeness (QED) is 0.222. The van der Waals surface area contributed by atoms with Gasteiger partial charge in [0.05, 0.1) is 18.1 Å². The summed E-state index contributed by atoms with van der Waals surface area (Å²) in [5, 5.41) is 31.9. The Labute approximate surface area is 212 Å². The number of carbonyl (C=O) groups is 1. The number of β-lactam (4-membered cyclic amide) rings is 1. The van der Waals surface area contributed by atoms with E-state index in [1.807, 2.05) is 42.5 Å². The van der Waals surface area contributed by atoms with Crippen molar-refractivity contribution >= 4 is 23.4 Å². The summed E-state index contributed by atoms with van der Waals surface area (Å²) in [7, 11) is 0. The van der Waals surface area contributed by atoms with E-state index in [2.05, 4.69) is 0 Å². The van der Waals surface area contributed by atoms with Gasteiger partial charge in [0, 0.05) is 21.9 Å². The zero-order chi connectivity index (χ0) is 25.2. The van der Waals surface area contributed by atoms with Crippen LogP contribution in [0.5, 0.6) is 11.5 Å². The zero-order valence-corrected chi connectivity index (χ0v) is 20.0. The second-order valence-corrected chi connectivity index (χ2v) is 9.76. The SMILES string of the molecule is O=C1C(C(O)CSc2ccc(F)cc2)C(c2ccc(-c3cccc(O)c3)cc2O)N1c1ccccc1. The van der Waals surface area contributed by atoms with E-state index in [0.29, 0.717) is 16.8 Å². The molecule has 4 aromatic rings. The van der Waals surface area contributed by atoms with E-state index < -0.39 is 18.1 Å². The Morgan fingerprint density at radius 3 is 2.28 bits per heavy atom. The van der Waals surface area contributed by atoms with Crippen LogP contribution in [0, 0.1) is 11.7 Å². The number of carbonyl (C=O) groups excluding carboxylic acids is 1. The second kappa shape index (κ2) is 10.0. The van der Waals surface area contributed by atoms with Crippen LogP contribution in [0.3, 0.4) is 0 Å². The number of halogens is 1. The molecule has 0 aliphatic carbocycles. The summed E-state index contributed by atoms with van der Waals surface area (Å²) >= 11 is 1.34. The van der Waals surface area contributed by atoms with Crippen molar-refractivity contribution in [3.05, 3.63) is 108 Å². The van der Waals surface area contributed by atoms with Crippen molar-refractivity contribution < 1.29 is 24.5 Å². The van der Waals surface area contributed by atoms with Crippen LogP contribution in [0.2, 0.25) is 0 Å². The van der Waals surface area contributed by atoms with Crippen molar-refractivity contribution in [1.82, 2.24) is 0 Å². The fourth-order valence-corrected chi connectivity index (χ4v) is 5.47. The molecule has 0 saturated carbocycles. The molecule has 7 heteroatoms. The third-order valence-corrected chi connectivity index (χ3v) is 7.47. The molecular weight excluding hydrogens is 477 g/mol. The minimum Gasteiger partial charge on any atom is -0.508 e. The molecule has 0 aromatic heterocycles. The van der Waals surface area contributed by atoms with Crippen LogP contribution < -0.4 is 4.90 Å². The molecule has 1 aliphatic heterocycles. The molecule has 0 bridgehead atoms. The lowest BCUT2D eigenvalue weighted by Gasteiger charge is -2.49. The number of rotatable bonds is 7. The van der Waals surface area contributed by atoms with Crippen molar-refractivity contribution in [3.63, 3.8) is 0 Å². The molecule has 182 valence electrons. The van der Waals surface area contributed by atoms with Gasteiger partial charge in [-0.1, -0.05) is 42.5 Å². The summed E-state index contributed by atoms with van der Waals surface area (Å²) in [5.41, 5.74) is 2.67. The molecule has 36 heavy (non-hydrogen) atoms. The highest BCUT2D eigenvalue weighted by molar-refractivity contribution is 7.99. The van der Waals surface area contributed by atoms with Crippen molar-refractivity contribution in [2.24, 2.45) is 5.92 Å². The van der Waals surface area contributed by atoms with Crippen LogP contribution in [0.25, 0.3) is 11.1 Å². The van der Waals surface area contributed by atoms with Crippen LogP contribution >= 0.6 is 11.8 Å². The van der Waals surface area contributed by atoms with E-state index in [-0.39, 0.29) is 29.0 Å². The fourth-order valence-electron chi connectivity index (χ4n) is 4.57. The smallest absolute Gasteiger partial charge is 0.235 e. The average Bonchev–Trinajstić information content (AvgIpc) is 2.88. The summed E-state index contributed by atoms with van der Waals surface area (Å²) in [6.07, 6.45) is -0.984. The molecule has 1 fully saturated rings. The van der Waals surface area contributed by atoms with Crippen LogP contribution in [-0.2, 0) is 4.79 Å². The summed E-state index contributed by atoms with van der Waals surface area (Å²) in [6.45, 7) is 0. The molecule has 0 radical (unpaired) electrons. The van der Waals surface area contributed by atoms with E-state index in [9.17, 15) is 24.5 Å². The van der Waals surface area contributed by atoms with Crippen molar-refractivity contribution in [2.45, 2.75) is 17.0 Å². The Morgan fingerprint density at radius 2 is 1.58 bits per heavy atom. The minimum absolute atomic E-state index is 0.00217. The number of anilines is 1. The van der Waals surface area contributed by atoms with Crippen LogP contribution in [0.4, 0.5) is 10.1 Å². The maximum absolute atomic E-state index is 13.3. The third kappa shape index (κ3) is 4.67. The van der Waals surface area contributed by atoms with Gasteiger partial charge in [-0.3, -0.25) is 4.79 Å². The molecule has 0 spiro atoms. The summed E-state index contributed by atoms with van der Waals surface area (Å²) in [6, 6.07) is 26.5. The first-order chi connectivity index (χ1) is 17.4. The lowest BCUT2D eigenvalue weighted by molar-refractivity contribution is -0.135. The van der Waals surface area contributed by atoms with Gasteiger partial charge in [-0.2, -0.15) is 0 Å². The molecule has 1 heterocycles. The Bertz CT molecular complexity index is 1380. The minimum atomic E-state index is -0.984. The van der Waals surface area contributed by atoms with E-state index in [4.69, 9.17) is 0 Å². The number of para-hydroxylation sites is 1. The Morgan fingerprint density at radius 1 is 0.861 bits per heavy atom. The zero-order valence-electron chi connectivity index (χ0n) is 19.2. The molecule has 3 atom stereocenters. The number of amides is 1. The van der Waals surface area contributed by atoms with Gasteiger partial charge in [-0.25, -0.2) is 4.39 Å². The number of phenolic OH excluding ortho intramolecular Hbond substituents is 2. The van der Waals surface area contributed by atoms with Crippen LogP contribution in [0.1, 0.15) is 11.6 Å². The number of hydrogen-bond donors (Lipinski definition) is 3. The first-order valence-corrected chi connectivity index (χ1v) is 12.5. The number of phenols is 2. The summed E-state index contributed by atoms with van der Waals surface area (Å²) in [4.78, 5) is 15.7. The maximum Gasteiger partial charge on any atom is 0.235 e. The van der Waals surface area contributed by atoms with Gasteiger partial charge in [0.1, 0.15) is 17.3 Å². The molecule has 5 nitrogen and oxygen atoms in total. The number of aromatic hydroxyl groups is 2. The average molecular weight is 502 g/mol. The number of aliphatic hydroxyl groups is 1. The van der Waals surface area contributed by atoms with Gasteiger partial charge >= 0.3 is 0 Å². The maximum atomic E-state index is 13.3. The van der Waals surface area contributed by atoms with E-state index in [1.54, 1.807) is 47.4 Å². The Hall–Kier alpha value is -3.81. The number of nitrogens with zero attached hydrogens (tertiary/aromatic N) is 1. The predicted molar refractivity (Wildman–Crippen MR) is 138 cm³/mol. The van der Waals surface area contributed by atoms with E-state index in [0.717, 1.165) is 10.5 Å². The van der Waals surface area contributed by atoms with Crippen LogP contribution in [0.15, 0.2) is 102 Å². The van der Waals surface area contributed by atoms with Crippen molar-refractivity contribution in [1.29, 1.82) is 0 Å². The van der Waals surface area contributed by atoms with Crippen molar-refractivity contribution in [3.8, 4) is 22.6 Å². The largest absolute Gasteiger partial charge is 0.508 e. The normalized spacial score (nSPS) is 18.1. The van der Waals surface area contributed by atoms with Gasteiger partial charge in [-0.05, 0) is 65.7 Å². The molecule has 3 unspecified atom stereocenters. The van der Waals surface area contributed by atoms with Gasteiger partial charge in [-0.15, -0.1) is 11.8 Å². The van der Waals surface area contributed by atoms with E-state index >= 15 is 0 Å². The highest BCUT2D eigenvalue weighted by atomic mass is 32.2. The van der Waals surface area contributed by atoms with Gasteiger partial charge in [0.2, 0.25) is 5.91 Å². The molecule has 5 rings (SSSR count). The first-order valence-electron chi connectivity index (χ1n) is 11.5. The molecule has 3 N–H and O–H groups in total. The van der Waals surface area contributed by atoms with Gasteiger partial charge < -0.3 is 20.2 Å². The van der Waals surface area contributed by atoms with Crippen molar-refractivity contribution in [2.75, 3.05) is 10.7 Å². The van der Waals surface area contributed by atoms with E-state index in [1.165, 1.54) is 23.9 Å². The Balaban J connectivity index is 1.45. The first kappa shape index (κ1) is 23.9. The van der Waals surface area contributed by atoms with Crippen LogP contribution in [-0.4, -0.2) is 33.1 Å². The monoisotopic (exact) mass is 501 g/mol. The third-order valence-electron chi connectivity index (χ3n) is 6.35. The number of aliphatic hydroxyl groups excluding tert-OH is 1. The highest BCUT2D eigenvalue weighted by Crippen LogP contribution is 2.48. The topological polar surface area (TPSA) is 81.0 Å². The predicted octanol–water partition coefficient (Wildman–Crippen LogP) is 5.76.